The standard InChI is InChI=1S/C24H22F4N4O2S/c1-2-10-32-12-16-13-35-22(30-20(33)15-6-4-3-5-7-15)31-23(16,14-32)18-11-17(8-9-19(18)25)29-21(34)24(26,27)28/h2-9,11,16H,1,10,12-14H2,(H,29,34)(H,30,31,33)/t16-,23-/m0/s1. The molecular formula is C24H22F4N4O2S. The van der Waals surface area contributed by atoms with Crippen molar-refractivity contribution in [2.45, 2.75) is 11.7 Å². The van der Waals surface area contributed by atoms with E-state index in [-0.39, 0.29) is 29.6 Å². The third kappa shape index (κ3) is 5.25. The Morgan fingerprint density at radius 1 is 1.20 bits per heavy atom. The zero-order valence-corrected chi connectivity index (χ0v) is 19.3. The molecular weight excluding hydrogens is 484 g/mol. The number of thioether (sulfide) groups is 1. The van der Waals surface area contributed by atoms with E-state index in [0.717, 1.165) is 12.1 Å². The number of nitrogens with zero attached hydrogens (tertiary/aromatic N) is 2. The van der Waals surface area contributed by atoms with E-state index >= 15 is 4.39 Å². The molecule has 2 N–H and O–H groups in total. The zero-order valence-electron chi connectivity index (χ0n) is 18.4. The molecule has 2 atom stereocenters. The van der Waals surface area contributed by atoms with Crippen molar-refractivity contribution in [3.8, 4) is 0 Å². The largest absolute Gasteiger partial charge is 0.471 e. The topological polar surface area (TPSA) is 73.8 Å². The molecule has 2 amide bonds. The molecule has 2 aliphatic heterocycles. The monoisotopic (exact) mass is 506 g/mol. The number of halogens is 4. The lowest BCUT2D eigenvalue weighted by molar-refractivity contribution is -0.167. The maximum atomic E-state index is 15.2. The lowest BCUT2D eigenvalue weighted by Gasteiger charge is -2.36. The molecule has 4 rings (SSSR count). The van der Waals surface area contributed by atoms with Crippen LogP contribution >= 0.6 is 11.8 Å². The van der Waals surface area contributed by atoms with Gasteiger partial charge < -0.3 is 10.6 Å². The highest BCUT2D eigenvalue weighted by Crippen LogP contribution is 2.47. The van der Waals surface area contributed by atoms with Gasteiger partial charge in [-0.3, -0.25) is 14.5 Å². The molecule has 35 heavy (non-hydrogen) atoms. The Hall–Kier alpha value is -3.18. The minimum Gasteiger partial charge on any atom is -0.318 e. The van der Waals surface area contributed by atoms with Gasteiger partial charge in [-0.2, -0.15) is 13.2 Å². The number of benzene rings is 2. The van der Waals surface area contributed by atoms with Crippen LogP contribution in [0.1, 0.15) is 15.9 Å². The normalized spacial score (nSPS) is 22.2. The molecule has 1 fully saturated rings. The van der Waals surface area contributed by atoms with Gasteiger partial charge in [0.15, 0.2) is 5.17 Å². The van der Waals surface area contributed by atoms with Gasteiger partial charge in [0.2, 0.25) is 0 Å². The Labute approximate surface area is 203 Å². The predicted octanol–water partition coefficient (Wildman–Crippen LogP) is 4.17. The second-order valence-corrected chi connectivity index (χ2v) is 9.31. The Morgan fingerprint density at radius 2 is 1.94 bits per heavy atom. The average Bonchev–Trinajstić information content (AvgIpc) is 3.18. The van der Waals surface area contributed by atoms with Crippen molar-refractivity contribution in [3.05, 3.63) is 78.1 Å². The van der Waals surface area contributed by atoms with Gasteiger partial charge in [0.1, 0.15) is 11.4 Å². The fourth-order valence-electron chi connectivity index (χ4n) is 4.35. The summed E-state index contributed by atoms with van der Waals surface area (Å²) >= 11 is 1.32. The minimum atomic E-state index is -5.09. The number of rotatable bonds is 5. The van der Waals surface area contributed by atoms with Crippen molar-refractivity contribution >= 4 is 34.4 Å². The first-order valence-corrected chi connectivity index (χ1v) is 11.7. The summed E-state index contributed by atoms with van der Waals surface area (Å²) in [5, 5.41) is 4.84. The number of anilines is 1. The van der Waals surface area contributed by atoms with Crippen LogP contribution in [0.2, 0.25) is 0 Å². The Bertz CT molecular complexity index is 1170. The van der Waals surface area contributed by atoms with Gasteiger partial charge in [-0.05, 0) is 30.3 Å². The number of amidine groups is 1. The van der Waals surface area contributed by atoms with E-state index in [1.54, 1.807) is 41.7 Å². The molecule has 2 heterocycles. The van der Waals surface area contributed by atoms with E-state index in [2.05, 4.69) is 11.9 Å². The van der Waals surface area contributed by atoms with Crippen LogP contribution in [0.5, 0.6) is 0 Å². The lowest BCUT2D eigenvalue weighted by Crippen LogP contribution is -2.43. The minimum absolute atomic E-state index is 0.0563. The number of hydrogen-bond acceptors (Lipinski definition) is 5. The van der Waals surface area contributed by atoms with Crippen LogP contribution in [0.3, 0.4) is 0 Å². The second-order valence-electron chi connectivity index (χ2n) is 8.30. The second kappa shape index (κ2) is 9.82. The number of carbonyl (C=O) groups excluding carboxylic acids is 2. The number of carbonyl (C=O) groups is 2. The highest BCUT2D eigenvalue weighted by Gasteiger charge is 2.51. The molecule has 0 unspecified atom stereocenters. The molecule has 2 aromatic rings. The molecule has 6 nitrogen and oxygen atoms in total. The fourth-order valence-corrected chi connectivity index (χ4v) is 5.49. The third-order valence-electron chi connectivity index (χ3n) is 5.93. The summed E-state index contributed by atoms with van der Waals surface area (Å²) in [4.78, 5) is 30.9. The lowest BCUT2D eigenvalue weighted by atomic mass is 9.81. The predicted molar refractivity (Wildman–Crippen MR) is 127 cm³/mol. The van der Waals surface area contributed by atoms with Gasteiger partial charge in [0, 0.05) is 48.1 Å². The molecule has 11 heteroatoms. The number of amides is 2. The van der Waals surface area contributed by atoms with Crippen molar-refractivity contribution in [2.24, 2.45) is 10.9 Å². The molecule has 0 saturated carbocycles. The Balaban J connectivity index is 1.72. The summed E-state index contributed by atoms with van der Waals surface area (Å²) in [7, 11) is 0. The maximum absolute atomic E-state index is 15.2. The molecule has 0 radical (unpaired) electrons. The molecule has 0 aliphatic carbocycles. The number of aliphatic imine (C=N–C) groups is 1. The highest BCUT2D eigenvalue weighted by atomic mass is 32.2. The van der Waals surface area contributed by atoms with Gasteiger partial charge in [0.25, 0.3) is 5.91 Å². The average molecular weight is 507 g/mol. The summed E-state index contributed by atoms with van der Waals surface area (Å²) in [6.07, 6.45) is -3.38. The summed E-state index contributed by atoms with van der Waals surface area (Å²) in [6, 6.07) is 11.8. The van der Waals surface area contributed by atoms with E-state index in [9.17, 15) is 22.8 Å². The van der Waals surface area contributed by atoms with E-state index < -0.39 is 23.4 Å². The SMILES string of the molecule is C=CCN1C[C@H]2CSC(NC(=O)c3ccccc3)=N[C@@]2(c2cc(NC(=O)C(F)(F)F)ccc2F)C1. The van der Waals surface area contributed by atoms with Crippen molar-refractivity contribution in [3.63, 3.8) is 0 Å². The molecule has 0 spiro atoms. The first kappa shape index (κ1) is 24.9. The molecule has 1 saturated heterocycles. The first-order chi connectivity index (χ1) is 16.6. The molecule has 2 aromatic carbocycles. The van der Waals surface area contributed by atoms with Gasteiger partial charge in [0.05, 0.1) is 0 Å². The van der Waals surface area contributed by atoms with Crippen molar-refractivity contribution in [1.82, 2.24) is 10.2 Å². The highest BCUT2D eigenvalue weighted by molar-refractivity contribution is 8.13. The van der Waals surface area contributed by atoms with Gasteiger partial charge in [-0.1, -0.05) is 36.0 Å². The van der Waals surface area contributed by atoms with Crippen LogP contribution in [0.15, 0.2) is 66.2 Å². The summed E-state index contributed by atoms with van der Waals surface area (Å²) in [6.45, 7) is 5.08. The van der Waals surface area contributed by atoms with Gasteiger partial charge in [-0.15, -0.1) is 6.58 Å². The van der Waals surface area contributed by atoms with Crippen LogP contribution in [0, 0.1) is 11.7 Å². The number of nitrogens with one attached hydrogen (secondary N) is 2. The molecule has 0 aromatic heterocycles. The van der Waals surface area contributed by atoms with E-state index in [4.69, 9.17) is 4.99 Å². The summed E-state index contributed by atoms with van der Waals surface area (Å²) < 4.78 is 53.5. The maximum Gasteiger partial charge on any atom is 0.471 e. The van der Waals surface area contributed by atoms with Gasteiger partial charge in [-0.25, -0.2) is 9.38 Å². The smallest absolute Gasteiger partial charge is 0.318 e. The third-order valence-corrected chi connectivity index (χ3v) is 6.97. The number of likely N-dealkylation sites (tertiary alicyclic amines) is 1. The van der Waals surface area contributed by atoms with Crippen molar-refractivity contribution in [2.75, 3.05) is 30.7 Å². The quantitative estimate of drug-likeness (QED) is 0.472. The van der Waals surface area contributed by atoms with Crippen LogP contribution < -0.4 is 10.6 Å². The molecule has 184 valence electrons. The zero-order chi connectivity index (χ0) is 25.2. The number of alkyl halides is 3. The molecule has 0 bridgehead atoms. The van der Waals surface area contributed by atoms with Gasteiger partial charge >= 0.3 is 12.1 Å². The van der Waals surface area contributed by atoms with Crippen LogP contribution in [0.25, 0.3) is 0 Å². The number of hydrogen-bond donors (Lipinski definition) is 2. The van der Waals surface area contributed by atoms with Crippen LogP contribution in [-0.4, -0.2) is 53.4 Å². The van der Waals surface area contributed by atoms with Crippen LogP contribution in [0.4, 0.5) is 23.2 Å². The summed E-state index contributed by atoms with van der Waals surface area (Å²) in [5.74, 6) is -2.88. The first-order valence-electron chi connectivity index (χ1n) is 10.7. The Morgan fingerprint density at radius 3 is 2.63 bits per heavy atom. The van der Waals surface area contributed by atoms with Crippen molar-refractivity contribution in [1.29, 1.82) is 0 Å². The van der Waals surface area contributed by atoms with Crippen LogP contribution in [-0.2, 0) is 10.3 Å². The van der Waals surface area contributed by atoms with Crippen molar-refractivity contribution < 1.29 is 27.2 Å². The number of fused-ring (bicyclic) bond motifs is 1. The van der Waals surface area contributed by atoms with E-state index in [1.807, 2.05) is 4.90 Å². The summed E-state index contributed by atoms with van der Waals surface area (Å²) in [5.41, 5.74) is -0.880. The molecule has 2 aliphatic rings. The Kier molecular flexibility index (Phi) is 7.00. The fraction of sp³-hybridized carbons (Fsp3) is 0.292. The van der Waals surface area contributed by atoms with E-state index in [1.165, 1.54) is 17.8 Å². The van der Waals surface area contributed by atoms with E-state index in [0.29, 0.717) is 29.6 Å².